The highest BCUT2D eigenvalue weighted by Gasteiger charge is 2.17. The minimum atomic E-state index is 0.348. The Morgan fingerprint density at radius 1 is 0.867 bits per heavy atom. The van der Waals surface area contributed by atoms with E-state index in [0.717, 1.165) is 6.42 Å². The van der Waals surface area contributed by atoms with Crippen LogP contribution in [-0.4, -0.2) is 12.1 Å². The first kappa shape index (κ1) is 10.8. The maximum Gasteiger partial charge on any atom is 0.0915 e. The molecule has 0 heterocycles. The van der Waals surface area contributed by atoms with E-state index in [1.54, 1.807) is 0 Å². The van der Waals surface area contributed by atoms with Gasteiger partial charge in [0.1, 0.15) is 0 Å². The lowest BCUT2D eigenvalue weighted by molar-refractivity contribution is 0.416. The van der Waals surface area contributed by atoms with Gasteiger partial charge in [-0.15, -0.1) is 0 Å². The van der Waals surface area contributed by atoms with Gasteiger partial charge in [0.25, 0.3) is 0 Å². The minimum absolute atomic E-state index is 0.348. The quantitative estimate of drug-likeness (QED) is 0.476. The fraction of sp³-hybridized carbons (Fsp3) is 0.846. The first-order chi connectivity index (χ1) is 7.36. The standard InChI is InChI=1S/C13H22N2/c1-11-7-5-6-10-13(11)15-14-12-8-3-2-4-9-12/h12-13H,1-10H2/t13-/m0/s1. The van der Waals surface area contributed by atoms with Crippen LogP contribution in [0.2, 0.25) is 0 Å². The van der Waals surface area contributed by atoms with Gasteiger partial charge in [0.2, 0.25) is 0 Å². The SMILES string of the molecule is C=C1CCCC[C@@H]1N=NC1CCCCC1. The van der Waals surface area contributed by atoms with Gasteiger partial charge in [-0.25, -0.2) is 0 Å². The number of rotatable bonds is 2. The summed E-state index contributed by atoms with van der Waals surface area (Å²) in [6, 6.07) is 0.870. The average molecular weight is 206 g/mol. The largest absolute Gasteiger partial charge is 0.190 e. The van der Waals surface area contributed by atoms with Crippen molar-refractivity contribution in [3.63, 3.8) is 0 Å². The summed E-state index contributed by atoms with van der Waals surface area (Å²) in [6.07, 6.45) is 11.5. The summed E-state index contributed by atoms with van der Waals surface area (Å²) >= 11 is 0. The minimum Gasteiger partial charge on any atom is -0.190 e. The molecule has 1 atom stereocenters. The molecule has 15 heavy (non-hydrogen) atoms. The highest BCUT2D eigenvalue weighted by molar-refractivity contribution is 5.07. The monoisotopic (exact) mass is 206 g/mol. The van der Waals surface area contributed by atoms with Crippen molar-refractivity contribution in [2.45, 2.75) is 69.9 Å². The number of nitrogens with zero attached hydrogens (tertiary/aromatic N) is 2. The molecule has 2 rings (SSSR count). The molecule has 0 bridgehead atoms. The third kappa shape index (κ3) is 3.15. The molecule has 2 fully saturated rings. The molecule has 0 N–H and O–H groups in total. The van der Waals surface area contributed by atoms with Crippen LogP contribution in [0.25, 0.3) is 0 Å². The predicted octanol–water partition coefficient (Wildman–Crippen LogP) is 4.27. The molecule has 0 amide bonds. The maximum absolute atomic E-state index is 4.52. The molecular weight excluding hydrogens is 184 g/mol. The van der Waals surface area contributed by atoms with Gasteiger partial charge in [0.05, 0.1) is 12.1 Å². The molecule has 0 aromatic carbocycles. The first-order valence-corrected chi connectivity index (χ1v) is 6.44. The van der Waals surface area contributed by atoms with Gasteiger partial charge in [0, 0.05) is 0 Å². The van der Waals surface area contributed by atoms with E-state index in [-0.39, 0.29) is 0 Å². The van der Waals surface area contributed by atoms with Gasteiger partial charge in [0.15, 0.2) is 0 Å². The van der Waals surface area contributed by atoms with Crippen molar-refractivity contribution in [1.82, 2.24) is 0 Å². The molecule has 2 aliphatic carbocycles. The second-order valence-electron chi connectivity index (χ2n) is 4.94. The molecule has 2 aliphatic rings. The maximum atomic E-state index is 4.52. The fourth-order valence-corrected chi connectivity index (χ4v) is 2.57. The van der Waals surface area contributed by atoms with Crippen molar-refractivity contribution in [3.05, 3.63) is 12.2 Å². The number of hydrogen-bond donors (Lipinski definition) is 0. The van der Waals surface area contributed by atoms with Crippen LogP contribution in [0, 0.1) is 0 Å². The summed E-state index contributed by atoms with van der Waals surface area (Å²) in [5, 5.41) is 9.03. The Labute approximate surface area is 92.9 Å². The van der Waals surface area contributed by atoms with E-state index in [4.69, 9.17) is 0 Å². The third-order valence-corrected chi connectivity index (χ3v) is 3.64. The van der Waals surface area contributed by atoms with Gasteiger partial charge in [-0.3, -0.25) is 0 Å². The van der Waals surface area contributed by atoms with Crippen LogP contribution in [0.15, 0.2) is 22.4 Å². The smallest absolute Gasteiger partial charge is 0.0915 e. The lowest BCUT2D eigenvalue weighted by atomic mass is 9.92. The van der Waals surface area contributed by atoms with E-state index in [1.165, 1.54) is 56.9 Å². The van der Waals surface area contributed by atoms with Gasteiger partial charge >= 0.3 is 0 Å². The van der Waals surface area contributed by atoms with Gasteiger partial charge in [-0.1, -0.05) is 37.8 Å². The summed E-state index contributed by atoms with van der Waals surface area (Å²) < 4.78 is 0. The Morgan fingerprint density at radius 2 is 1.60 bits per heavy atom. The summed E-state index contributed by atoms with van der Waals surface area (Å²) in [5.74, 6) is 0. The van der Waals surface area contributed by atoms with Gasteiger partial charge in [-0.2, -0.15) is 10.2 Å². The highest BCUT2D eigenvalue weighted by atomic mass is 15.1. The van der Waals surface area contributed by atoms with Crippen LogP contribution < -0.4 is 0 Å². The van der Waals surface area contributed by atoms with E-state index in [9.17, 15) is 0 Å². The summed E-state index contributed by atoms with van der Waals surface area (Å²) in [4.78, 5) is 0. The molecule has 0 aliphatic heterocycles. The van der Waals surface area contributed by atoms with Crippen molar-refractivity contribution < 1.29 is 0 Å². The average Bonchev–Trinajstić information content (AvgIpc) is 2.29. The predicted molar refractivity (Wildman–Crippen MR) is 63.1 cm³/mol. The summed E-state index contributed by atoms with van der Waals surface area (Å²) in [7, 11) is 0. The van der Waals surface area contributed by atoms with Crippen LogP contribution in [0.1, 0.15) is 57.8 Å². The second-order valence-corrected chi connectivity index (χ2v) is 4.94. The molecule has 0 radical (unpaired) electrons. The van der Waals surface area contributed by atoms with Crippen molar-refractivity contribution in [2.24, 2.45) is 10.2 Å². The van der Waals surface area contributed by atoms with E-state index in [1.807, 2.05) is 0 Å². The molecule has 0 saturated heterocycles. The zero-order valence-electron chi connectivity index (χ0n) is 9.62. The summed E-state index contributed by atoms with van der Waals surface area (Å²) in [5.41, 5.74) is 1.31. The fourth-order valence-electron chi connectivity index (χ4n) is 2.57. The molecule has 0 aromatic rings. The van der Waals surface area contributed by atoms with Crippen LogP contribution in [0.4, 0.5) is 0 Å². The Balaban J connectivity index is 1.83. The van der Waals surface area contributed by atoms with E-state index < -0.39 is 0 Å². The van der Waals surface area contributed by atoms with Crippen LogP contribution in [-0.2, 0) is 0 Å². The van der Waals surface area contributed by atoms with E-state index >= 15 is 0 Å². The van der Waals surface area contributed by atoms with Crippen LogP contribution in [0.5, 0.6) is 0 Å². The molecule has 2 nitrogen and oxygen atoms in total. The van der Waals surface area contributed by atoms with E-state index in [0.29, 0.717) is 12.1 Å². The Bertz CT molecular complexity index is 239. The molecule has 0 spiro atoms. The lowest BCUT2D eigenvalue weighted by Gasteiger charge is -2.21. The van der Waals surface area contributed by atoms with Crippen molar-refractivity contribution in [1.29, 1.82) is 0 Å². The molecule has 2 saturated carbocycles. The Hall–Kier alpha value is -0.660. The third-order valence-electron chi connectivity index (χ3n) is 3.64. The second kappa shape index (κ2) is 5.43. The number of azo groups is 1. The van der Waals surface area contributed by atoms with Gasteiger partial charge < -0.3 is 0 Å². The first-order valence-electron chi connectivity index (χ1n) is 6.44. The van der Waals surface area contributed by atoms with Crippen molar-refractivity contribution in [2.75, 3.05) is 0 Å². The normalized spacial score (nSPS) is 29.9. The molecular formula is C13H22N2. The lowest BCUT2D eigenvalue weighted by Crippen LogP contribution is -2.14. The highest BCUT2D eigenvalue weighted by Crippen LogP contribution is 2.26. The van der Waals surface area contributed by atoms with E-state index in [2.05, 4.69) is 16.8 Å². The molecule has 0 unspecified atom stereocenters. The zero-order chi connectivity index (χ0) is 10.5. The molecule has 84 valence electrons. The van der Waals surface area contributed by atoms with Crippen LogP contribution in [0.3, 0.4) is 0 Å². The molecule has 2 heteroatoms. The topological polar surface area (TPSA) is 24.7 Å². The van der Waals surface area contributed by atoms with Crippen molar-refractivity contribution >= 4 is 0 Å². The number of hydrogen-bond acceptors (Lipinski definition) is 2. The Kier molecular flexibility index (Phi) is 3.93. The van der Waals surface area contributed by atoms with Crippen LogP contribution >= 0.6 is 0 Å². The zero-order valence-corrected chi connectivity index (χ0v) is 9.62. The van der Waals surface area contributed by atoms with Crippen molar-refractivity contribution in [3.8, 4) is 0 Å². The summed E-state index contributed by atoms with van der Waals surface area (Å²) in [6.45, 7) is 4.11. The Morgan fingerprint density at radius 3 is 2.33 bits per heavy atom. The van der Waals surface area contributed by atoms with Gasteiger partial charge in [-0.05, 0) is 32.1 Å². The molecule has 0 aromatic heterocycles.